The molecule has 0 saturated heterocycles. The average molecular weight is 427 g/mol. The Morgan fingerprint density at radius 2 is 1.29 bits per heavy atom. The molecule has 2 aromatic rings. The first-order chi connectivity index (χ1) is 14.8. The maximum Gasteiger partial charge on any atom is 0.344 e. The van der Waals surface area contributed by atoms with E-state index in [1.807, 2.05) is 26.0 Å². The van der Waals surface area contributed by atoms with Crippen LogP contribution in [0.4, 0.5) is 0 Å². The Balaban J connectivity index is 2.33. The molecule has 2 rings (SSSR count). The van der Waals surface area contributed by atoms with Crippen molar-refractivity contribution in [3.63, 3.8) is 0 Å². The van der Waals surface area contributed by atoms with Crippen molar-refractivity contribution in [2.24, 2.45) is 0 Å². The molecular formula is C26H34O5. The minimum Gasteiger partial charge on any atom is -0.486 e. The Kier molecular flexibility index (Phi) is 8.66. The summed E-state index contributed by atoms with van der Waals surface area (Å²) >= 11 is 0. The maximum atomic E-state index is 11.6. The van der Waals surface area contributed by atoms with E-state index >= 15 is 0 Å². The van der Waals surface area contributed by atoms with Gasteiger partial charge in [0, 0.05) is 5.41 Å². The topological polar surface area (TPSA) is 61.8 Å². The molecule has 0 aliphatic carbocycles. The van der Waals surface area contributed by atoms with Gasteiger partial charge in [0.1, 0.15) is 18.1 Å². The number of Topliss-reactive ketones (excluding diaryl/α,β-unsaturated/α-hetero) is 1. The van der Waals surface area contributed by atoms with E-state index in [-0.39, 0.29) is 30.4 Å². The normalized spacial score (nSPS) is 11.2. The molecule has 0 bridgehead atoms. The Bertz CT molecular complexity index is 912. The second-order valence-corrected chi connectivity index (χ2v) is 7.83. The van der Waals surface area contributed by atoms with Gasteiger partial charge >= 0.3 is 5.97 Å². The van der Waals surface area contributed by atoms with Gasteiger partial charge in [-0.25, -0.2) is 4.79 Å². The lowest BCUT2D eigenvalue weighted by molar-refractivity contribution is -0.145. The van der Waals surface area contributed by atoms with Crippen molar-refractivity contribution in [2.75, 3.05) is 19.8 Å². The van der Waals surface area contributed by atoms with Gasteiger partial charge in [0.15, 0.2) is 12.4 Å². The molecule has 0 amide bonds. The van der Waals surface area contributed by atoms with Crippen LogP contribution in [0.3, 0.4) is 0 Å². The summed E-state index contributed by atoms with van der Waals surface area (Å²) < 4.78 is 16.2. The van der Waals surface area contributed by atoms with Gasteiger partial charge in [-0.3, -0.25) is 4.79 Å². The second kappa shape index (κ2) is 11.0. The molecule has 5 nitrogen and oxygen atoms in total. The molecule has 5 heteroatoms. The van der Waals surface area contributed by atoms with Crippen molar-refractivity contribution in [3.8, 4) is 11.5 Å². The van der Waals surface area contributed by atoms with E-state index in [0.717, 1.165) is 29.7 Å². The Morgan fingerprint density at radius 3 is 1.68 bits per heavy atom. The molecule has 0 aliphatic heterocycles. The number of esters is 1. The fourth-order valence-electron chi connectivity index (χ4n) is 3.97. The second-order valence-electron chi connectivity index (χ2n) is 7.83. The number of carbonyl (C=O) groups is 2. The van der Waals surface area contributed by atoms with Crippen LogP contribution >= 0.6 is 0 Å². The lowest BCUT2D eigenvalue weighted by Gasteiger charge is -2.34. The highest BCUT2D eigenvalue weighted by atomic mass is 16.6. The van der Waals surface area contributed by atoms with E-state index in [1.54, 1.807) is 6.92 Å². The first-order valence-corrected chi connectivity index (χ1v) is 10.9. The summed E-state index contributed by atoms with van der Waals surface area (Å²) in [7, 11) is 0. The number of rotatable bonds is 11. The quantitative estimate of drug-likeness (QED) is 0.455. The highest BCUT2D eigenvalue weighted by Crippen LogP contribution is 2.41. The van der Waals surface area contributed by atoms with Crippen molar-refractivity contribution >= 4 is 11.8 Å². The lowest BCUT2D eigenvalue weighted by atomic mass is 9.70. The number of hydrogen-bond acceptors (Lipinski definition) is 5. The van der Waals surface area contributed by atoms with E-state index in [4.69, 9.17) is 14.2 Å². The van der Waals surface area contributed by atoms with Gasteiger partial charge < -0.3 is 14.2 Å². The minimum absolute atomic E-state index is 0.000630. The van der Waals surface area contributed by atoms with E-state index < -0.39 is 0 Å². The van der Waals surface area contributed by atoms with E-state index in [2.05, 4.69) is 38.1 Å². The van der Waals surface area contributed by atoms with Crippen LogP contribution in [0.25, 0.3) is 0 Å². The number of hydrogen-bond donors (Lipinski definition) is 0. The largest absolute Gasteiger partial charge is 0.486 e. The smallest absolute Gasteiger partial charge is 0.344 e. The first-order valence-electron chi connectivity index (χ1n) is 10.9. The van der Waals surface area contributed by atoms with Crippen LogP contribution in [0.1, 0.15) is 62.8 Å². The molecule has 0 unspecified atom stereocenters. The summed E-state index contributed by atoms with van der Waals surface area (Å²) in [6.45, 7) is 12.0. The third-order valence-corrected chi connectivity index (χ3v) is 5.74. The van der Waals surface area contributed by atoms with Crippen LogP contribution in [0.5, 0.6) is 11.5 Å². The number of ether oxygens (including phenoxy) is 3. The molecule has 0 heterocycles. The van der Waals surface area contributed by atoms with Gasteiger partial charge in [-0.2, -0.15) is 0 Å². The van der Waals surface area contributed by atoms with Crippen molar-refractivity contribution < 1.29 is 23.8 Å². The van der Waals surface area contributed by atoms with Crippen LogP contribution in [-0.2, 0) is 19.7 Å². The molecule has 168 valence electrons. The summed E-state index contributed by atoms with van der Waals surface area (Å²) in [6, 6.07) is 12.4. The van der Waals surface area contributed by atoms with Crippen LogP contribution in [0.2, 0.25) is 0 Å². The highest BCUT2D eigenvalue weighted by molar-refractivity contribution is 5.77. The van der Waals surface area contributed by atoms with Crippen molar-refractivity contribution in [2.45, 2.75) is 59.8 Å². The Hall–Kier alpha value is -2.82. The van der Waals surface area contributed by atoms with Gasteiger partial charge in [0.25, 0.3) is 0 Å². The van der Waals surface area contributed by atoms with Crippen LogP contribution < -0.4 is 9.47 Å². The summed E-state index contributed by atoms with van der Waals surface area (Å²) in [5.41, 5.74) is 4.25. The molecule has 0 aromatic heterocycles. The number of carbonyl (C=O) groups excluding carboxylic acids is 2. The predicted molar refractivity (Wildman–Crippen MR) is 122 cm³/mol. The van der Waals surface area contributed by atoms with Crippen LogP contribution in [-0.4, -0.2) is 31.6 Å². The monoisotopic (exact) mass is 426 g/mol. The number of benzene rings is 2. The van der Waals surface area contributed by atoms with Gasteiger partial charge in [-0.15, -0.1) is 0 Å². The predicted octanol–water partition coefficient (Wildman–Crippen LogP) is 5.32. The molecule has 0 fully saturated rings. The van der Waals surface area contributed by atoms with E-state index in [9.17, 15) is 9.59 Å². The van der Waals surface area contributed by atoms with Gasteiger partial charge in [0.05, 0.1) is 6.61 Å². The summed E-state index contributed by atoms with van der Waals surface area (Å²) in [4.78, 5) is 22.8. The summed E-state index contributed by atoms with van der Waals surface area (Å²) in [5.74, 6) is 1.05. The first kappa shape index (κ1) is 24.4. The molecule has 0 radical (unpaired) electrons. The fraction of sp³-hybridized carbons (Fsp3) is 0.462. The third-order valence-electron chi connectivity index (χ3n) is 5.74. The molecule has 31 heavy (non-hydrogen) atoms. The fourth-order valence-corrected chi connectivity index (χ4v) is 3.97. The molecule has 0 saturated carbocycles. The molecule has 2 aromatic carbocycles. The molecule has 0 aliphatic rings. The van der Waals surface area contributed by atoms with Gasteiger partial charge in [0.2, 0.25) is 0 Å². The summed E-state index contributed by atoms with van der Waals surface area (Å²) in [6.07, 6.45) is 1.86. The van der Waals surface area contributed by atoms with Gasteiger partial charge in [-0.1, -0.05) is 38.1 Å². The SMILES string of the molecule is CCOC(=O)COc1ccc(C(CC)(CC)c2ccc(OCC(C)=O)c(C)c2)cc1C. The lowest BCUT2D eigenvalue weighted by Crippen LogP contribution is -2.26. The molecule has 0 spiro atoms. The van der Waals surface area contributed by atoms with Crippen LogP contribution in [0.15, 0.2) is 36.4 Å². The number of ketones is 1. The zero-order chi connectivity index (χ0) is 23.0. The van der Waals surface area contributed by atoms with Crippen molar-refractivity contribution in [1.29, 1.82) is 0 Å². The highest BCUT2D eigenvalue weighted by Gasteiger charge is 2.31. The van der Waals surface area contributed by atoms with Crippen molar-refractivity contribution in [1.82, 2.24) is 0 Å². The number of aryl methyl sites for hydroxylation is 2. The average Bonchev–Trinajstić information content (AvgIpc) is 2.74. The summed E-state index contributed by atoms with van der Waals surface area (Å²) in [5, 5.41) is 0. The third kappa shape index (κ3) is 5.87. The zero-order valence-corrected chi connectivity index (χ0v) is 19.5. The molecule has 0 N–H and O–H groups in total. The standard InChI is InChI=1S/C26H34O5/c1-7-26(8-2,21-10-12-23(18(4)14-21)30-16-20(6)27)22-11-13-24(19(5)15-22)31-17-25(28)29-9-3/h10-15H,7-9,16-17H2,1-6H3. The minimum atomic E-state index is -0.370. The van der Waals surface area contributed by atoms with Crippen LogP contribution in [0, 0.1) is 13.8 Å². The Morgan fingerprint density at radius 1 is 0.806 bits per heavy atom. The Labute approximate surface area is 185 Å². The van der Waals surface area contributed by atoms with E-state index in [0.29, 0.717) is 12.4 Å². The molecule has 0 atom stereocenters. The van der Waals surface area contributed by atoms with E-state index in [1.165, 1.54) is 18.1 Å². The maximum absolute atomic E-state index is 11.6. The molecular weight excluding hydrogens is 392 g/mol. The van der Waals surface area contributed by atoms with Crippen molar-refractivity contribution in [3.05, 3.63) is 58.7 Å². The van der Waals surface area contributed by atoms with Gasteiger partial charge in [-0.05, 0) is 74.9 Å². The zero-order valence-electron chi connectivity index (χ0n) is 19.5.